The third kappa shape index (κ3) is 13.2. The maximum absolute atomic E-state index is 5.71. The second-order valence-electron chi connectivity index (χ2n) is 8.04. The first kappa shape index (κ1) is 32.3. The minimum atomic E-state index is 0.480. The number of hydrogen-bond donors (Lipinski definition) is 4. The number of nitrogens with zero attached hydrogens (tertiary/aromatic N) is 4. The summed E-state index contributed by atoms with van der Waals surface area (Å²) < 4.78 is 19.3. The number of ether oxygens (including phenoxy) is 2. The minimum absolute atomic E-state index is 0.480. The number of aromatic nitrogens is 4. The molecule has 0 spiro atoms. The van der Waals surface area contributed by atoms with Crippen LogP contribution in [0.2, 0.25) is 4.47 Å². The van der Waals surface area contributed by atoms with Crippen molar-refractivity contribution in [1.29, 1.82) is 0 Å². The molecule has 4 rings (SSSR count). The quantitative estimate of drug-likeness (QED) is 0.177. The topological polar surface area (TPSA) is 160 Å². The maximum atomic E-state index is 5.71. The standard InChI is InChI=1S/C13H18N4OS.C10H9ClN2OS.C3H10N2/c1-18-11-5-2-4-10(8-11)9-12-16-13(19-17-12)15-7-3-6-14;1-14-8-4-2-3-7(5-8)6-9-12-10(11)15-13-9;4-2-1-3-5/h2,4-5,8H,3,6-7,9,14H2,1H3,(H,15,16,17);2-5H,6H2,1H3;1-5H2. The van der Waals surface area contributed by atoms with Crippen LogP contribution in [0, 0.1) is 0 Å². The van der Waals surface area contributed by atoms with E-state index in [2.05, 4.69) is 24.0 Å². The van der Waals surface area contributed by atoms with Gasteiger partial charge in [0.1, 0.15) is 23.1 Å². The SMILES string of the molecule is COc1cccc(Cc2nsc(Cl)n2)c1.COc1cccc(Cc2nsc(NCCCN)n2)c1.NCCCN. The minimum Gasteiger partial charge on any atom is -0.497 e. The Morgan fingerprint density at radius 2 is 1.31 bits per heavy atom. The Morgan fingerprint density at radius 3 is 1.77 bits per heavy atom. The van der Waals surface area contributed by atoms with Gasteiger partial charge in [0, 0.05) is 30.9 Å². The van der Waals surface area contributed by atoms with E-state index in [1.54, 1.807) is 14.2 Å². The van der Waals surface area contributed by atoms with Gasteiger partial charge >= 0.3 is 0 Å². The molecule has 0 saturated carbocycles. The summed E-state index contributed by atoms with van der Waals surface area (Å²) in [5, 5.41) is 4.07. The monoisotopic (exact) mass is 592 g/mol. The van der Waals surface area contributed by atoms with E-state index < -0.39 is 0 Å². The summed E-state index contributed by atoms with van der Waals surface area (Å²) >= 11 is 8.30. The van der Waals surface area contributed by atoms with E-state index >= 15 is 0 Å². The van der Waals surface area contributed by atoms with Crippen LogP contribution in [0.25, 0.3) is 0 Å². The Labute approximate surface area is 243 Å². The summed E-state index contributed by atoms with van der Waals surface area (Å²) in [6.07, 6.45) is 3.28. The average Bonchev–Trinajstić information content (AvgIpc) is 3.58. The molecule has 0 atom stereocenters. The van der Waals surface area contributed by atoms with Crippen molar-refractivity contribution in [3.8, 4) is 11.5 Å². The van der Waals surface area contributed by atoms with Gasteiger partial charge in [-0.15, -0.1) is 0 Å². The first-order chi connectivity index (χ1) is 19.0. The zero-order valence-corrected chi connectivity index (χ0v) is 24.7. The van der Waals surface area contributed by atoms with E-state index in [4.69, 9.17) is 38.3 Å². The fourth-order valence-electron chi connectivity index (χ4n) is 3.05. The number of benzene rings is 2. The summed E-state index contributed by atoms with van der Waals surface area (Å²) in [4.78, 5) is 8.54. The molecule has 39 heavy (non-hydrogen) atoms. The molecule has 2 aromatic carbocycles. The van der Waals surface area contributed by atoms with Gasteiger partial charge in [-0.25, -0.2) is 9.97 Å². The number of rotatable bonds is 12. The highest BCUT2D eigenvalue weighted by Gasteiger charge is 2.06. The molecule has 0 fully saturated rings. The van der Waals surface area contributed by atoms with Gasteiger partial charge in [-0.3, -0.25) is 0 Å². The molecule has 2 aromatic heterocycles. The lowest BCUT2D eigenvalue weighted by Gasteiger charge is -2.02. The van der Waals surface area contributed by atoms with Crippen molar-refractivity contribution in [2.45, 2.75) is 25.7 Å². The normalized spacial score (nSPS) is 10.1. The Balaban J connectivity index is 0.000000238. The Kier molecular flexibility index (Phi) is 15.9. The molecule has 2 heterocycles. The number of halogens is 1. The van der Waals surface area contributed by atoms with Crippen LogP contribution in [0.1, 0.15) is 35.6 Å². The molecule has 7 N–H and O–H groups in total. The van der Waals surface area contributed by atoms with Crippen LogP contribution in [-0.4, -0.2) is 59.1 Å². The Morgan fingerprint density at radius 1 is 0.769 bits per heavy atom. The van der Waals surface area contributed by atoms with Gasteiger partial charge in [-0.2, -0.15) is 8.75 Å². The van der Waals surface area contributed by atoms with Crippen molar-refractivity contribution in [1.82, 2.24) is 18.7 Å². The number of anilines is 1. The molecule has 10 nitrogen and oxygen atoms in total. The van der Waals surface area contributed by atoms with E-state index in [-0.39, 0.29) is 0 Å². The molecule has 0 unspecified atom stereocenters. The third-order valence-corrected chi connectivity index (χ3v) is 6.52. The van der Waals surface area contributed by atoms with Gasteiger partial charge in [-0.05, 0) is 91.0 Å². The molecule has 4 aromatic rings. The molecule has 0 aliphatic heterocycles. The zero-order valence-electron chi connectivity index (χ0n) is 22.3. The van der Waals surface area contributed by atoms with Crippen LogP contribution in [0.3, 0.4) is 0 Å². The number of nitrogens with one attached hydrogen (secondary N) is 1. The average molecular weight is 593 g/mol. The van der Waals surface area contributed by atoms with Crippen molar-refractivity contribution < 1.29 is 9.47 Å². The summed E-state index contributed by atoms with van der Waals surface area (Å²) in [7, 11) is 3.32. The fourth-order valence-corrected chi connectivity index (χ4v) is 4.29. The summed E-state index contributed by atoms with van der Waals surface area (Å²) in [5.41, 5.74) is 17.8. The van der Waals surface area contributed by atoms with E-state index in [0.29, 0.717) is 23.9 Å². The largest absolute Gasteiger partial charge is 0.497 e. The third-order valence-electron chi connectivity index (χ3n) is 4.97. The molecule has 0 aliphatic rings. The highest BCUT2D eigenvalue weighted by Crippen LogP contribution is 2.18. The second-order valence-corrected chi connectivity index (χ2v) is 10.1. The van der Waals surface area contributed by atoms with Gasteiger partial charge in [0.15, 0.2) is 0 Å². The van der Waals surface area contributed by atoms with Crippen molar-refractivity contribution in [3.05, 3.63) is 75.8 Å². The predicted molar refractivity (Wildman–Crippen MR) is 161 cm³/mol. The van der Waals surface area contributed by atoms with Crippen molar-refractivity contribution in [2.75, 3.05) is 45.7 Å². The zero-order chi connectivity index (χ0) is 28.3. The van der Waals surface area contributed by atoms with Crippen LogP contribution < -0.4 is 32.0 Å². The van der Waals surface area contributed by atoms with E-state index in [0.717, 1.165) is 71.9 Å². The van der Waals surface area contributed by atoms with Crippen molar-refractivity contribution >= 4 is 39.8 Å². The lowest BCUT2D eigenvalue weighted by atomic mass is 10.1. The lowest BCUT2D eigenvalue weighted by molar-refractivity contribution is 0.414. The molecular formula is C26H37ClN8O2S2. The van der Waals surface area contributed by atoms with Gasteiger partial charge in [-0.1, -0.05) is 24.3 Å². The number of methoxy groups -OCH3 is 2. The summed E-state index contributed by atoms with van der Waals surface area (Å²) in [5.74, 6) is 3.27. The van der Waals surface area contributed by atoms with E-state index in [1.807, 2.05) is 48.5 Å². The van der Waals surface area contributed by atoms with Gasteiger partial charge in [0.2, 0.25) is 9.60 Å². The van der Waals surface area contributed by atoms with Crippen molar-refractivity contribution in [2.24, 2.45) is 17.2 Å². The fraction of sp³-hybridized carbons (Fsp3) is 0.385. The van der Waals surface area contributed by atoms with Crippen LogP contribution in [0.4, 0.5) is 5.13 Å². The van der Waals surface area contributed by atoms with E-state index in [9.17, 15) is 0 Å². The highest BCUT2D eigenvalue weighted by atomic mass is 35.5. The predicted octanol–water partition coefficient (Wildman–Crippen LogP) is 3.98. The van der Waals surface area contributed by atoms with Gasteiger partial charge in [0.05, 0.1) is 14.2 Å². The molecule has 0 radical (unpaired) electrons. The van der Waals surface area contributed by atoms with Gasteiger partial charge in [0.25, 0.3) is 0 Å². The summed E-state index contributed by atoms with van der Waals surface area (Å²) in [6, 6.07) is 15.8. The van der Waals surface area contributed by atoms with Crippen LogP contribution in [-0.2, 0) is 12.8 Å². The number of hydrogen-bond acceptors (Lipinski definition) is 12. The Bertz CT molecular complexity index is 1210. The van der Waals surface area contributed by atoms with Gasteiger partial charge < -0.3 is 32.0 Å². The Hall–Kier alpha value is -2.87. The van der Waals surface area contributed by atoms with E-state index in [1.165, 1.54) is 23.1 Å². The number of nitrogens with two attached hydrogens (primary N) is 3. The molecule has 0 amide bonds. The highest BCUT2D eigenvalue weighted by molar-refractivity contribution is 7.10. The van der Waals surface area contributed by atoms with Crippen molar-refractivity contribution in [3.63, 3.8) is 0 Å². The smallest absolute Gasteiger partial charge is 0.203 e. The maximum Gasteiger partial charge on any atom is 0.203 e. The van der Waals surface area contributed by atoms with Crippen LogP contribution >= 0.6 is 34.7 Å². The summed E-state index contributed by atoms with van der Waals surface area (Å²) in [6.45, 7) is 2.96. The second kappa shape index (κ2) is 19.2. The molecular weight excluding hydrogens is 556 g/mol. The van der Waals surface area contributed by atoms with Crippen LogP contribution in [0.5, 0.6) is 11.5 Å². The lowest BCUT2D eigenvalue weighted by Crippen LogP contribution is -2.08. The molecule has 0 bridgehead atoms. The molecule has 0 saturated heterocycles. The van der Waals surface area contributed by atoms with Crippen LogP contribution in [0.15, 0.2) is 48.5 Å². The first-order valence-electron chi connectivity index (χ1n) is 12.4. The molecule has 212 valence electrons. The molecule has 0 aliphatic carbocycles. The molecule has 13 heteroatoms. The first-order valence-corrected chi connectivity index (χ1v) is 14.3.